The second-order valence-electron chi connectivity index (χ2n) is 8.59. The van der Waals surface area contributed by atoms with Crippen LogP contribution in [0.4, 0.5) is 23.0 Å². The Labute approximate surface area is 209 Å². The van der Waals surface area contributed by atoms with Crippen molar-refractivity contribution in [2.45, 2.75) is 12.5 Å². The number of rotatable bonds is 8. The standard InChI is InChI=1S/C28H28N6O2/c1-3-26(35)32-20-8-4-6-18(14-20)23-9-5-7-19-16-30-28(34-27(19)23)33-24-11-10-21(15-25(24)36-2)31-22-12-13-29-17-22/h3-11,14-16,22,29,31H,1,12-13,17H2,2H3,(H,32,35)(H,30,33,34)/t22-/m1/s1. The van der Waals surface area contributed by atoms with Crippen molar-refractivity contribution in [1.29, 1.82) is 0 Å². The third kappa shape index (κ3) is 5.13. The quantitative estimate of drug-likeness (QED) is 0.265. The molecule has 5 rings (SSSR count). The molecule has 1 aliphatic heterocycles. The summed E-state index contributed by atoms with van der Waals surface area (Å²) in [4.78, 5) is 21.1. The minimum absolute atomic E-state index is 0.256. The molecule has 4 N–H and O–H groups in total. The van der Waals surface area contributed by atoms with Crippen LogP contribution in [0.15, 0.2) is 79.5 Å². The first-order valence-corrected chi connectivity index (χ1v) is 11.8. The van der Waals surface area contributed by atoms with Gasteiger partial charge in [0.25, 0.3) is 0 Å². The number of aromatic nitrogens is 2. The fourth-order valence-electron chi connectivity index (χ4n) is 4.32. The average Bonchev–Trinajstić information content (AvgIpc) is 3.42. The minimum atomic E-state index is -0.256. The van der Waals surface area contributed by atoms with Gasteiger partial charge in [0.2, 0.25) is 11.9 Å². The van der Waals surface area contributed by atoms with E-state index in [2.05, 4.69) is 32.8 Å². The molecule has 4 aromatic rings. The number of ether oxygens (including phenoxy) is 1. The molecule has 1 aromatic heterocycles. The lowest BCUT2D eigenvalue weighted by Crippen LogP contribution is -2.22. The predicted molar refractivity (Wildman–Crippen MR) is 145 cm³/mol. The maximum absolute atomic E-state index is 11.7. The van der Waals surface area contributed by atoms with E-state index >= 15 is 0 Å². The highest BCUT2D eigenvalue weighted by molar-refractivity contribution is 6.00. The van der Waals surface area contributed by atoms with Crippen LogP contribution >= 0.6 is 0 Å². The molecular weight excluding hydrogens is 452 g/mol. The summed E-state index contributed by atoms with van der Waals surface area (Å²) in [6, 6.07) is 20.0. The van der Waals surface area contributed by atoms with Crippen molar-refractivity contribution < 1.29 is 9.53 Å². The molecule has 8 heteroatoms. The summed E-state index contributed by atoms with van der Waals surface area (Å²) in [5.74, 6) is 0.910. The number of fused-ring (bicyclic) bond motifs is 1. The van der Waals surface area contributed by atoms with Gasteiger partial charge in [0, 0.05) is 47.2 Å². The fraction of sp³-hybridized carbons (Fsp3) is 0.179. The molecule has 1 fully saturated rings. The first-order chi connectivity index (χ1) is 17.6. The average molecular weight is 481 g/mol. The van der Waals surface area contributed by atoms with Crippen molar-refractivity contribution in [3.05, 3.63) is 79.5 Å². The summed E-state index contributed by atoms with van der Waals surface area (Å²) in [6.45, 7) is 5.50. The zero-order valence-corrected chi connectivity index (χ0v) is 20.0. The Kier molecular flexibility index (Phi) is 6.77. The van der Waals surface area contributed by atoms with E-state index in [1.165, 1.54) is 6.08 Å². The molecule has 0 saturated carbocycles. The molecule has 0 spiro atoms. The van der Waals surface area contributed by atoms with Gasteiger partial charge < -0.3 is 26.0 Å². The van der Waals surface area contributed by atoms with Gasteiger partial charge in [-0.25, -0.2) is 9.97 Å². The Morgan fingerprint density at radius 3 is 2.83 bits per heavy atom. The van der Waals surface area contributed by atoms with Crippen molar-refractivity contribution in [1.82, 2.24) is 15.3 Å². The predicted octanol–water partition coefficient (Wildman–Crippen LogP) is 4.95. The second-order valence-corrected chi connectivity index (χ2v) is 8.59. The number of anilines is 4. The van der Waals surface area contributed by atoms with Crippen molar-refractivity contribution in [3.63, 3.8) is 0 Å². The Bertz CT molecular complexity index is 1410. The molecule has 1 atom stereocenters. The van der Waals surface area contributed by atoms with Crippen molar-refractivity contribution in [2.24, 2.45) is 0 Å². The molecule has 0 bridgehead atoms. The van der Waals surface area contributed by atoms with Crippen LogP contribution in [0, 0.1) is 0 Å². The summed E-state index contributed by atoms with van der Waals surface area (Å²) < 4.78 is 5.64. The van der Waals surface area contributed by atoms with Crippen LogP contribution in [-0.2, 0) is 4.79 Å². The SMILES string of the molecule is C=CC(=O)Nc1cccc(-c2cccc3cnc(Nc4ccc(N[C@@H]5CCNC5)cc4OC)nc23)c1. The van der Waals surface area contributed by atoms with Crippen molar-refractivity contribution in [2.75, 3.05) is 36.1 Å². The number of hydrogen-bond acceptors (Lipinski definition) is 7. The number of amides is 1. The topological polar surface area (TPSA) is 100 Å². The molecule has 8 nitrogen and oxygen atoms in total. The van der Waals surface area contributed by atoms with Crippen LogP contribution in [0.5, 0.6) is 5.75 Å². The molecular formula is C28H28N6O2. The number of hydrogen-bond donors (Lipinski definition) is 4. The molecule has 0 radical (unpaired) electrons. The Morgan fingerprint density at radius 1 is 1.14 bits per heavy atom. The van der Waals surface area contributed by atoms with Crippen LogP contribution in [0.3, 0.4) is 0 Å². The lowest BCUT2D eigenvalue weighted by molar-refractivity contribution is -0.111. The number of carbonyl (C=O) groups excluding carboxylic acids is 1. The van der Waals surface area contributed by atoms with Gasteiger partial charge >= 0.3 is 0 Å². The van der Waals surface area contributed by atoms with E-state index in [-0.39, 0.29) is 5.91 Å². The Hall–Kier alpha value is -4.43. The normalized spacial score (nSPS) is 14.9. The van der Waals surface area contributed by atoms with Gasteiger partial charge in [-0.1, -0.05) is 36.9 Å². The Balaban J connectivity index is 1.44. The molecule has 2 heterocycles. The summed E-state index contributed by atoms with van der Waals surface area (Å²) in [5, 5.41) is 13.9. The molecule has 0 aliphatic carbocycles. The lowest BCUT2D eigenvalue weighted by Gasteiger charge is -2.16. The maximum atomic E-state index is 11.7. The summed E-state index contributed by atoms with van der Waals surface area (Å²) in [5.41, 5.74) is 5.14. The van der Waals surface area contributed by atoms with E-state index < -0.39 is 0 Å². The number of para-hydroxylation sites is 1. The van der Waals surface area contributed by atoms with Gasteiger partial charge in [-0.3, -0.25) is 4.79 Å². The van der Waals surface area contributed by atoms with Crippen LogP contribution in [0.2, 0.25) is 0 Å². The largest absolute Gasteiger partial charge is 0.494 e. The van der Waals surface area contributed by atoms with Crippen LogP contribution in [0.1, 0.15) is 6.42 Å². The fourth-order valence-corrected chi connectivity index (χ4v) is 4.32. The first kappa shape index (κ1) is 23.3. The number of benzene rings is 3. The number of methoxy groups -OCH3 is 1. The second kappa shape index (κ2) is 10.5. The van der Waals surface area contributed by atoms with Gasteiger partial charge in [0.1, 0.15) is 5.75 Å². The molecule has 1 aliphatic rings. The zero-order valence-electron chi connectivity index (χ0n) is 20.0. The molecule has 3 aromatic carbocycles. The van der Waals surface area contributed by atoms with Crippen LogP contribution in [-0.4, -0.2) is 42.1 Å². The van der Waals surface area contributed by atoms with E-state index in [0.717, 1.165) is 52.9 Å². The third-order valence-electron chi connectivity index (χ3n) is 6.12. The van der Waals surface area contributed by atoms with Crippen molar-refractivity contribution >= 4 is 39.8 Å². The van der Waals surface area contributed by atoms with Gasteiger partial charge in [-0.2, -0.15) is 0 Å². The molecule has 182 valence electrons. The number of carbonyl (C=O) groups is 1. The van der Waals surface area contributed by atoms with E-state index in [4.69, 9.17) is 9.72 Å². The third-order valence-corrected chi connectivity index (χ3v) is 6.12. The van der Waals surface area contributed by atoms with Crippen LogP contribution < -0.4 is 26.0 Å². The van der Waals surface area contributed by atoms with Gasteiger partial charge in [0.15, 0.2) is 0 Å². The van der Waals surface area contributed by atoms with Gasteiger partial charge in [-0.15, -0.1) is 0 Å². The highest BCUT2D eigenvalue weighted by Crippen LogP contribution is 2.33. The molecule has 1 amide bonds. The first-order valence-electron chi connectivity index (χ1n) is 11.8. The lowest BCUT2D eigenvalue weighted by atomic mass is 10.0. The van der Waals surface area contributed by atoms with E-state index in [1.54, 1.807) is 13.3 Å². The van der Waals surface area contributed by atoms with Gasteiger partial charge in [0.05, 0.1) is 18.3 Å². The van der Waals surface area contributed by atoms with Crippen LogP contribution in [0.25, 0.3) is 22.0 Å². The molecule has 0 unspecified atom stereocenters. The maximum Gasteiger partial charge on any atom is 0.247 e. The Morgan fingerprint density at radius 2 is 2.03 bits per heavy atom. The molecule has 36 heavy (non-hydrogen) atoms. The highest BCUT2D eigenvalue weighted by Gasteiger charge is 2.15. The summed E-state index contributed by atoms with van der Waals surface area (Å²) in [6.07, 6.45) is 4.14. The summed E-state index contributed by atoms with van der Waals surface area (Å²) in [7, 11) is 1.65. The summed E-state index contributed by atoms with van der Waals surface area (Å²) >= 11 is 0. The highest BCUT2D eigenvalue weighted by atomic mass is 16.5. The van der Waals surface area contributed by atoms with Gasteiger partial charge in [-0.05, 0) is 48.9 Å². The zero-order chi connectivity index (χ0) is 24.9. The number of nitrogens with one attached hydrogen (secondary N) is 4. The smallest absolute Gasteiger partial charge is 0.247 e. The van der Waals surface area contributed by atoms with Crippen molar-refractivity contribution in [3.8, 4) is 16.9 Å². The number of nitrogens with zero attached hydrogens (tertiary/aromatic N) is 2. The molecule has 1 saturated heterocycles. The monoisotopic (exact) mass is 480 g/mol. The van der Waals surface area contributed by atoms with E-state index in [1.807, 2.05) is 60.7 Å². The minimum Gasteiger partial charge on any atom is -0.494 e. The van der Waals surface area contributed by atoms with E-state index in [0.29, 0.717) is 23.4 Å². The van der Waals surface area contributed by atoms with E-state index in [9.17, 15) is 4.79 Å².